The molecular formula is C18H19N3O2S. The number of anilines is 1. The first-order valence-electron chi connectivity index (χ1n) is 8.20. The van der Waals surface area contributed by atoms with Crippen LogP contribution in [0.5, 0.6) is 0 Å². The number of para-hydroxylation sites is 1. The number of nitrogens with one attached hydrogen (secondary N) is 1. The first kappa shape index (κ1) is 15.2. The normalized spacial score (nSPS) is 18.0. The van der Waals surface area contributed by atoms with E-state index in [0.717, 1.165) is 42.3 Å². The Morgan fingerprint density at radius 1 is 1.33 bits per heavy atom. The van der Waals surface area contributed by atoms with Gasteiger partial charge in [0.25, 0.3) is 0 Å². The predicted octanol–water partition coefficient (Wildman–Crippen LogP) is 3.42. The molecule has 0 radical (unpaired) electrons. The number of hydrogen-bond donors (Lipinski definition) is 1. The minimum Gasteiger partial charge on any atom is -0.467 e. The van der Waals surface area contributed by atoms with Gasteiger partial charge in [-0.05, 0) is 37.1 Å². The number of carbonyl (C=O) groups is 1. The Morgan fingerprint density at radius 3 is 3.08 bits per heavy atom. The number of nitrogens with zero attached hydrogens (tertiary/aromatic N) is 2. The molecule has 6 heteroatoms. The average Bonchev–Trinajstić information content (AvgIpc) is 3.29. The van der Waals surface area contributed by atoms with Gasteiger partial charge in [0.2, 0.25) is 5.91 Å². The van der Waals surface area contributed by atoms with Crippen molar-refractivity contribution >= 4 is 32.6 Å². The van der Waals surface area contributed by atoms with Crippen molar-refractivity contribution in [3.05, 3.63) is 48.4 Å². The summed E-state index contributed by atoms with van der Waals surface area (Å²) in [6.45, 7) is 2.13. The Kier molecular flexibility index (Phi) is 4.21. The van der Waals surface area contributed by atoms with E-state index in [4.69, 9.17) is 9.40 Å². The highest BCUT2D eigenvalue weighted by Crippen LogP contribution is 2.31. The fraction of sp³-hybridized carbons (Fsp3) is 0.333. The summed E-state index contributed by atoms with van der Waals surface area (Å²) in [4.78, 5) is 19.4. The van der Waals surface area contributed by atoms with Crippen LogP contribution in [0.2, 0.25) is 0 Å². The van der Waals surface area contributed by atoms with Crippen molar-refractivity contribution in [1.29, 1.82) is 0 Å². The Balaban J connectivity index is 1.42. The standard InChI is InChI=1S/C18H19N3O2S/c22-17(19-11-14-6-4-10-23-14)13-5-3-9-21(12-13)18-20-15-7-1-2-8-16(15)24-18/h1-2,4,6-8,10,13H,3,5,9,11-12H2,(H,19,22). The molecule has 3 aromatic rings. The van der Waals surface area contributed by atoms with Crippen LogP contribution in [0.1, 0.15) is 18.6 Å². The van der Waals surface area contributed by atoms with Crippen molar-refractivity contribution in [3.8, 4) is 0 Å². The molecule has 1 aliphatic heterocycles. The maximum absolute atomic E-state index is 12.4. The molecule has 1 atom stereocenters. The van der Waals surface area contributed by atoms with Gasteiger partial charge in [0, 0.05) is 13.1 Å². The molecule has 124 valence electrons. The van der Waals surface area contributed by atoms with Crippen LogP contribution in [-0.2, 0) is 11.3 Å². The fourth-order valence-electron chi connectivity index (χ4n) is 3.09. The van der Waals surface area contributed by atoms with Crippen LogP contribution in [0.25, 0.3) is 10.2 Å². The van der Waals surface area contributed by atoms with Crippen molar-refractivity contribution in [1.82, 2.24) is 10.3 Å². The van der Waals surface area contributed by atoms with Crippen molar-refractivity contribution in [2.75, 3.05) is 18.0 Å². The number of amides is 1. The number of aromatic nitrogens is 1. The summed E-state index contributed by atoms with van der Waals surface area (Å²) in [7, 11) is 0. The Morgan fingerprint density at radius 2 is 2.25 bits per heavy atom. The number of benzene rings is 1. The van der Waals surface area contributed by atoms with E-state index in [0.29, 0.717) is 6.54 Å². The smallest absolute Gasteiger partial charge is 0.225 e. The fourth-order valence-corrected chi connectivity index (χ4v) is 4.09. The van der Waals surface area contributed by atoms with E-state index in [1.54, 1.807) is 17.6 Å². The zero-order chi connectivity index (χ0) is 16.4. The van der Waals surface area contributed by atoms with Gasteiger partial charge >= 0.3 is 0 Å². The summed E-state index contributed by atoms with van der Waals surface area (Å²) >= 11 is 1.70. The quantitative estimate of drug-likeness (QED) is 0.790. The maximum Gasteiger partial charge on any atom is 0.225 e. The molecule has 1 aliphatic rings. The van der Waals surface area contributed by atoms with E-state index in [1.807, 2.05) is 30.3 Å². The monoisotopic (exact) mass is 341 g/mol. The minimum atomic E-state index is 0.000671. The summed E-state index contributed by atoms with van der Waals surface area (Å²) in [6.07, 6.45) is 3.55. The number of furan rings is 1. The second-order valence-electron chi connectivity index (χ2n) is 6.05. The molecule has 4 rings (SSSR count). The van der Waals surface area contributed by atoms with E-state index in [1.165, 1.54) is 4.70 Å². The van der Waals surface area contributed by atoms with Gasteiger partial charge < -0.3 is 14.6 Å². The number of carbonyl (C=O) groups excluding carboxylic acids is 1. The van der Waals surface area contributed by atoms with Gasteiger partial charge in [0.1, 0.15) is 5.76 Å². The molecule has 0 saturated carbocycles. The van der Waals surface area contributed by atoms with E-state index in [-0.39, 0.29) is 11.8 Å². The number of fused-ring (bicyclic) bond motifs is 1. The van der Waals surface area contributed by atoms with Gasteiger partial charge in [-0.1, -0.05) is 23.5 Å². The molecule has 0 bridgehead atoms. The van der Waals surface area contributed by atoms with Crippen molar-refractivity contribution in [2.45, 2.75) is 19.4 Å². The van der Waals surface area contributed by atoms with E-state index >= 15 is 0 Å². The Labute approximate surface area is 144 Å². The predicted molar refractivity (Wildman–Crippen MR) is 95.1 cm³/mol. The van der Waals surface area contributed by atoms with Gasteiger partial charge in [0.05, 0.1) is 28.9 Å². The van der Waals surface area contributed by atoms with Crippen LogP contribution in [0.4, 0.5) is 5.13 Å². The van der Waals surface area contributed by atoms with E-state index in [2.05, 4.69) is 16.3 Å². The maximum atomic E-state index is 12.4. The molecule has 2 aromatic heterocycles. The lowest BCUT2D eigenvalue weighted by molar-refractivity contribution is -0.125. The molecule has 1 aromatic carbocycles. The average molecular weight is 341 g/mol. The molecule has 1 unspecified atom stereocenters. The first-order chi connectivity index (χ1) is 11.8. The summed E-state index contributed by atoms with van der Waals surface area (Å²) < 4.78 is 6.45. The topological polar surface area (TPSA) is 58.4 Å². The summed E-state index contributed by atoms with van der Waals surface area (Å²) in [5, 5.41) is 3.99. The third-order valence-electron chi connectivity index (χ3n) is 4.36. The first-order valence-corrected chi connectivity index (χ1v) is 9.02. The van der Waals surface area contributed by atoms with Crippen LogP contribution in [0.15, 0.2) is 47.1 Å². The largest absolute Gasteiger partial charge is 0.467 e. The summed E-state index contributed by atoms with van der Waals surface area (Å²) in [6, 6.07) is 11.9. The van der Waals surface area contributed by atoms with Crippen LogP contribution in [-0.4, -0.2) is 24.0 Å². The highest BCUT2D eigenvalue weighted by atomic mass is 32.1. The molecule has 0 aliphatic carbocycles. The van der Waals surface area contributed by atoms with Gasteiger partial charge in [-0.3, -0.25) is 4.79 Å². The highest BCUT2D eigenvalue weighted by molar-refractivity contribution is 7.22. The summed E-state index contributed by atoms with van der Waals surface area (Å²) in [5.74, 6) is 0.875. The summed E-state index contributed by atoms with van der Waals surface area (Å²) in [5.41, 5.74) is 1.03. The van der Waals surface area contributed by atoms with E-state index in [9.17, 15) is 4.79 Å². The SMILES string of the molecule is O=C(NCc1ccco1)C1CCCN(c2nc3ccccc3s2)C1. The van der Waals surface area contributed by atoms with Crippen LogP contribution >= 0.6 is 11.3 Å². The molecule has 3 heterocycles. The molecule has 1 fully saturated rings. The molecular weight excluding hydrogens is 322 g/mol. The zero-order valence-corrected chi connectivity index (χ0v) is 14.1. The molecule has 5 nitrogen and oxygen atoms in total. The Hall–Kier alpha value is -2.34. The number of rotatable bonds is 4. The zero-order valence-electron chi connectivity index (χ0n) is 13.3. The van der Waals surface area contributed by atoms with Gasteiger partial charge in [-0.15, -0.1) is 0 Å². The lowest BCUT2D eigenvalue weighted by Gasteiger charge is -2.31. The van der Waals surface area contributed by atoms with Crippen molar-refractivity contribution in [3.63, 3.8) is 0 Å². The highest BCUT2D eigenvalue weighted by Gasteiger charge is 2.27. The van der Waals surface area contributed by atoms with E-state index < -0.39 is 0 Å². The number of thiazole rings is 1. The molecule has 24 heavy (non-hydrogen) atoms. The third kappa shape index (κ3) is 3.14. The van der Waals surface area contributed by atoms with Crippen LogP contribution < -0.4 is 10.2 Å². The van der Waals surface area contributed by atoms with Gasteiger partial charge in [0.15, 0.2) is 5.13 Å². The second kappa shape index (κ2) is 6.65. The van der Waals surface area contributed by atoms with Gasteiger partial charge in [-0.25, -0.2) is 4.98 Å². The third-order valence-corrected chi connectivity index (χ3v) is 5.46. The minimum absolute atomic E-state index is 0.000671. The molecule has 1 N–H and O–H groups in total. The lowest BCUT2D eigenvalue weighted by Crippen LogP contribution is -2.42. The van der Waals surface area contributed by atoms with Gasteiger partial charge in [-0.2, -0.15) is 0 Å². The molecule has 0 spiro atoms. The molecule has 1 amide bonds. The number of piperidine rings is 1. The van der Waals surface area contributed by atoms with Crippen LogP contribution in [0, 0.1) is 5.92 Å². The Bertz CT molecular complexity index is 795. The van der Waals surface area contributed by atoms with Crippen LogP contribution in [0.3, 0.4) is 0 Å². The lowest BCUT2D eigenvalue weighted by atomic mass is 9.97. The molecule has 1 saturated heterocycles. The number of hydrogen-bond acceptors (Lipinski definition) is 5. The van der Waals surface area contributed by atoms with Crippen molar-refractivity contribution < 1.29 is 9.21 Å². The second-order valence-corrected chi connectivity index (χ2v) is 7.06. The van der Waals surface area contributed by atoms with Crippen molar-refractivity contribution in [2.24, 2.45) is 5.92 Å².